The number of hydrogen-bond donors (Lipinski definition) is 1. The van der Waals surface area contributed by atoms with E-state index < -0.39 is 6.04 Å². The van der Waals surface area contributed by atoms with Gasteiger partial charge in [0.15, 0.2) is 0 Å². The average molecular weight is 365 g/mol. The minimum Gasteiger partial charge on any atom is -0.324 e. The molecule has 0 saturated heterocycles. The standard InChI is InChI=1S/C20H19N3O2S/c1-14(20(25)21-16-9-6-10-17(13-16)26-2)23-19(24)12-11-18(22-23)15-7-4-3-5-8-15/h3-14H,1-2H3,(H,21,25). The van der Waals surface area contributed by atoms with Crippen molar-refractivity contribution in [3.8, 4) is 11.3 Å². The van der Waals surface area contributed by atoms with Crippen LogP contribution in [0.15, 0.2) is 76.4 Å². The first-order valence-corrected chi connectivity index (χ1v) is 9.41. The minimum absolute atomic E-state index is 0.289. The van der Waals surface area contributed by atoms with Crippen LogP contribution in [0.3, 0.4) is 0 Å². The lowest BCUT2D eigenvalue weighted by Gasteiger charge is -2.15. The van der Waals surface area contributed by atoms with Gasteiger partial charge in [-0.15, -0.1) is 11.8 Å². The van der Waals surface area contributed by atoms with Gasteiger partial charge in [-0.3, -0.25) is 9.59 Å². The Morgan fingerprint density at radius 1 is 1.08 bits per heavy atom. The maximum atomic E-state index is 12.6. The average Bonchev–Trinajstić information content (AvgIpc) is 2.68. The molecular weight excluding hydrogens is 346 g/mol. The van der Waals surface area contributed by atoms with Gasteiger partial charge in [0.05, 0.1) is 5.69 Å². The van der Waals surface area contributed by atoms with Crippen LogP contribution in [-0.4, -0.2) is 21.9 Å². The highest BCUT2D eigenvalue weighted by molar-refractivity contribution is 7.98. The molecule has 0 fully saturated rings. The van der Waals surface area contributed by atoms with E-state index >= 15 is 0 Å². The lowest BCUT2D eigenvalue weighted by molar-refractivity contribution is -0.119. The molecule has 1 aromatic heterocycles. The Labute approximate surface area is 156 Å². The summed E-state index contributed by atoms with van der Waals surface area (Å²) in [4.78, 5) is 25.9. The summed E-state index contributed by atoms with van der Waals surface area (Å²) in [6.45, 7) is 1.66. The molecule has 1 heterocycles. The molecule has 1 unspecified atom stereocenters. The van der Waals surface area contributed by atoms with Gasteiger partial charge in [0.1, 0.15) is 6.04 Å². The number of anilines is 1. The van der Waals surface area contributed by atoms with E-state index in [1.165, 1.54) is 10.7 Å². The van der Waals surface area contributed by atoms with Gasteiger partial charge < -0.3 is 5.32 Å². The van der Waals surface area contributed by atoms with Gasteiger partial charge in [0.2, 0.25) is 5.91 Å². The van der Waals surface area contributed by atoms with Crippen LogP contribution >= 0.6 is 11.8 Å². The number of rotatable bonds is 5. The lowest BCUT2D eigenvalue weighted by atomic mass is 10.1. The van der Waals surface area contributed by atoms with Crippen LogP contribution in [0.4, 0.5) is 5.69 Å². The monoisotopic (exact) mass is 365 g/mol. The van der Waals surface area contributed by atoms with E-state index in [-0.39, 0.29) is 11.5 Å². The Balaban J connectivity index is 1.85. The third kappa shape index (κ3) is 4.03. The maximum absolute atomic E-state index is 12.6. The number of thioether (sulfide) groups is 1. The fraction of sp³-hybridized carbons (Fsp3) is 0.150. The number of amides is 1. The molecule has 3 rings (SSSR count). The number of aromatic nitrogens is 2. The van der Waals surface area contributed by atoms with Gasteiger partial charge in [-0.1, -0.05) is 36.4 Å². The fourth-order valence-corrected chi connectivity index (χ4v) is 2.98. The van der Waals surface area contributed by atoms with Gasteiger partial charge in [0, 0.05) is 22.2 Å². The van der Waals surface area contributed by atoms with Crippen molar-refractivity contribution in [2.45, 2.75) is 17.9 Å². The molecule has 2 aromatic carbocycles. The first-order valence-electron chi connectivity index (χ1n) is 8.18. The van der Waals surface area contributed by atoms with E-state index in [9.17, 15) is 9.59 Å². The number of carbonyl (C=O) groups excluding carboxylic acids is 1. The first-order chi connectivity index (χ1) is 12.6. The van der Waals surface area contributed by atoms with Crippen LogP contribution in [0.25, 0.3) is 11.3 Å². The van der Waals surface area contributed by atoms with Crippen molar-refractivity contribution in [1.29, 1.82) is 0 Å². The number of nitrogens with zero attached hydrogens (tertiary/aromatic N) is 2. The van der Waals surface area contributed by atoms with Crippen molar-refractivity contribution < 1.29 is 4.79 Å². The summed E-state index contributed by atoms with van der Waals surface area (Å²) < 4.78 is 1.22. The molecule has 0 radical (unpaired) electrons. The topological polar surface area (TPSA) is 64.0 Å². The second-order valence-corrected chi connectivity index (χ2v) is 6.64. The summed E-state index contributed by atoms with van der Waals surface area (Å²) in [5, 5.41) is 7.23. The summed E-state index contributed by atoms with van der Waals surface area (Å²) in [7, 11) is 0. The quantitative estimate of drug-likeness (QED) is 0.698. The highest BCUT2D eigenvalue weighted by Crippen LogP contribution is 2.20. The molecule has 1 atom stereocenters. The van der Waals surface area contributed by atoms with Crippen molar-refractivity contribution >= 4 is 23.4 Å². The fourth-order valence-electron chi connectivity index (χ4n) is 2.52. The molecule has 0 bridgehead atoms. The number of benzene rings is 2. The second-order valence-electron chi connectivity index (χ2n) is 5.76. The summed E-state index contributed by atoms with van der Waals surface area (Å²) in [5.74, 6) is -0.289. The number of carbonyl (C=O) groups is 1. The minimum atomic E-state index is -0.732. The van der Waals surface area contributed by atoms with Gasteiger partial charge >= 0.3 is 0 Å². The van der Waals surface area contributed by atoms with E-state index in [4.69, 9.17) is 0 Å². The van der Waals surface area contributed by atoms with E-state index in [0.717, 1.165) is 10.5 Å². The zero-order valence-electron chi connectivity index (χ0n) is 14.5. The van der Waals surface area contributed by atoms with E-state index in [1.54, 1.807) is 24.8 Å². The Bertz CT molecular complexity index is 970. The molecule has 0 spiro atoms. The molecular formula is C20H19N3O2S. The van der Waals surface area contributed by atoms with Crippen LogP contribution in [0.1, 0.15) is 13.0 Å². The highest BCUT2D eigenvalue weighted by atomic mass is 32.2. The van der Waals surface area contributed by atoms with Gasteiger partial charge in [0.25, 0.3) is 5.56 Å². The van der Waals surface area contributed by atoms with Crippen molar-refractivity contribution in [2.75, 3.05) is 11.6 Å². The highest BCUT2D eigenvalue weighted by Gasteiger charge is 2.18. The van der Waals surface area contributed by atoms with E-state index in [0.29, 0.717) is 11.4 Å². The third-order valence-corrected chi connectivity index (χ3v) is 4.70. The van der Waals surface area contributed by atoms with E-state index in [1.807, 2.05) is 60.9 Å². The molecule has 3 aromatic rings. The molecule has 0 saturated carbocycles. The van der Waals surface area contributed by atoms with Crippen molar-refractivity contribution in [2.24, 2.45) is 0 Å². The summed E-state index contributed by atoms with van der Waals surface area (Å²) >= 11 is 1.60. The third-order valence-electron chi connectivity index (χ3n) is 3.98. The van der Waals surface area contributed by atoms with Crippen molar-refractivity contribution in [3.63, 3.8) is 0 Å². The van der Waals surface area contributed by atoms with Crippen molar-refractivity contribution in [3.05, 3.63) is 77.1 Å². The summed E-state index contributed by atoms with van der Waals surface area (Å²) in [6, 6.07) is 19.5. The Kier molecular flexibility index (Phi) is 5.53. The van der Waals surface area contributed by atoms with E-state index in [2.05, 4.69) is 10.4 Å². The largest absolute Gasteiger partial charge is 0.324 e. The molecule has 0 aliphatic carbocycles. The van der Waals surface area contributed by atoms with Gasteiger partial charge in [-0.25, -0.2) is 4.68 Å². The second kappa shape index (κ2) is 8.01. The molecule has 26 heavy (non-hydrogen) atoms. The summed E-state index contributed by atoms with van der Waals surface area (Å²) in [6.07, 6.45) is 1.97. The molecule has 0 aliphatic heterocycles. The number of hydrogen-bond acceptors (Lipinski definition) is 4. The van der Waals surface area contributed by atoms with Crippen LogP contribution in [0.2, 0.25) is 0 Å². The molecule has 1 amide bonds. The zero-order valence-corrected chi connectivity index (χ0v) is 15.4. The predicted molar refractivity (Wildman–Crippen MR) is 105 cm³/mol. The molecule has 6 heteroatoms. The Hall–Kier alpha value is -2.86. The molecule has 5 nitrogen and oxygen atoms in total. The van der Waals surface area contributed by atoms with Crippen molar-refractivity contribution in [1.82, 2.24) is 9.78 Å². The first kappa shape index (κ1) is 17.9. The zero-order chi connectivity index (χ0) is 18.5. The lowest BCUT2D eigenvalue weighted by Crippen LogP contribution is -2.33. The van der Waals surface area contributed by atoms with Crippen LogP contribution in [-0.2, 0) is 4.79 Å². The smallest absolute Gasteiger partial charge is 0.267 e. The van der Waals surface area contributed by atoms with Gasteiger partial charge in [-0.2, -0.15) is 5.10 Å². The molecule has 132 valence electrons. The van der Waals surface area contributed by atoms with Crippen LogP contribution in [0.5, 0.6) is 0 Å². The normalized spacial score (nSPS) is 11.8. The predicted octanol–water partition coefficient (Wildman–Crippen LogP) is 3.83. The van der Waals surface area contributed by atoms with Crippen LogP contribution < -0.4 is 10.9 Å². The Morgan fingerprint density at radius 2 is 1.85 bits per heavy atom. The van der Waals surface area contributed by atoms with Gasteiger partial charge in [-0.05, 0) is 37.4 Å². The van der Waals surface area contributed by atoms with Crippen LogP contribution in [0, 0.1) is 0 Å². The SMILES string of the molecule is CSc1cccc(NC(=O)C(C)n2nc(-c3ccccc3)ccc2=O)c1. The molecule has 0 aliphatic rings. The molecule has 1 N–H and O–H groups in total. The Morgan fingerprint density at radius 3 is 2.58 bits per heavy atom. The summed E-state index contributed by atoms with van der Waals surface area (Å²) in [5.41, 5.74) is 1.92. The maximum Gasteiger partial charge on any atom is 0.267 e. The number of nitrogens with one attached hydrogen (secondary N) is 1.